The zero-order chi connectivity index (χ0) is 15.7. The number of piperazine rings is 2. The maximum absolute atomic E-state index is 12.3. The molecule has 0 radical (unpaired) electrons. The fraction of sp³-hybridized carbons (Fsp3) is 0.571. The molecule has 0 aromatic carbocycles. The molecular weight excluding hydrogens is 286 g/mol. The predicted octanol–water partition coefficient (Wildman–Crippen LogP) is -0.635. The molecule has 8 heteroatoms. The molecule has 118 valence electrons. The van der Waals surface area contributed by atoms with Gasteiger partial charge >= 0.3 is 0 Å². The third-order valence-corrected chi connectivity index (χ3v) is 3.93. The Balaban J connectivity index is 1.79. The van der Waals surface area contributed by atoms with Gasteiger partial charge in [0.2, 0.25) is 23.6 Å². The van der Waals surface area contributed by atoms with E-state index in [1.54, 1.807) is 24.2 Å². The third kappa shape index (κ3) is 2.56. The Labute approximate surface area is 128 Å². The zero-order valence-electron chi connectivity index (χ0n) is 12.7. The summed E-state index contributed by atoms with van der Waals surface area (Å²) in [5.41, 5.74) is 0. The van der Waals surface area contributed by atoms with E-state index in [2.05, 4.69) is 9.97 Å². The van der Waals surface area contributed by atoms with E-state index < -0.39 is 6.04 Å². The van der Waals surface area contributed by atoms with E-state index in [0.29, 0.717) is 38.1 Å². The number of nitrogens with zero attached hydrogens (tertiary/aromatic N) is 5. The molecule has 22 heavy (non-hydrogen) atoms. The average Bonchev–Trinajstić information content (AvgIpc) is 2.53. The quantitative estimate of drug-likeness (QED) is 0.739. The molecule has 2 aliphatic rings. The number of aromatic nitrogens is 2. The van der Waals surface area contributed by atoms with Gasteiger partial charge in [0.05, 0.1) is 19.7 Å². The van der Waals surface area contributed by atoms with Crippen molar-refractivity contribution < 1.29 is 14.3 Å². The van der Waals surface area contributed by atoms with Gasteiger partial charge in [0, 0.05) is 32.4 Å². The van der Waals surface area contributed by atoms with Crippen LogP contribution >= 0.6 is 0 Å². The van der Waals surface area contributed by atoms with Crippen molar-refractivity contribution in [2.75, 3.05) is 44.7 Å². The van der Waals surface area contributed by atoms with Gasteiger partial charge in [0.1, 0.15) is 6.04 Å². The molecule has 3 rings (SSSR count). The van der Waals surface area contributed by atoms with Gasteiger partial charge in [0.25, 0.3) is 0 Å². The summed E-state index contributed by atoms with van der Waals surface area (Å²) < 4.78 is 5.38. The predicted molar refractivity (Wildman–Crippen MR) is 78.6 cm³/mol. The van der Waals surface area contributed by atoms with Crippen LogP contribution in [0.5, 0.6) is 5.88 Å². The lowest BCUT2D eigenvalue weighted by atomic mass is 10.1. The molecule has 1 atom stereocenters. The van der Waals surface area contributed by atoms with Crippen molar-refractivity contribution in [2.45, 2.75) is 13.0 Å². The van der Waals surface area contributed by atoms with Crippen molar-refractivity contribution in [1.29, 1.82) is 0 Å². The maximum Gasteiger partial charge on any atom is 0.247 e. The number of likely N-dealkylation sites (N-methyl/N-ethyl adjacent to an activating group) is 1. The Bertz CT molecular complexity index is 594. The van der Waals surface area contributed by atoms with Gasteiger partial charge in [-0.1, -0.05) is 0 Å². The van der Waals surface area contributed by atoms with E-state index in [1.807, 2.05) is 11.8 Å². The van der Waals surface area contributed by atoms with Gasteiger partial charge in [-0.3, -0.25) is 9.59 Å². The number of fused-ring (bicyclic) bond motifs is 1. The highest BCUT2D eigenvalue weighted by molar-refractivity contribution is 5.95. The van der Waals surface area contributed by atoms with Crippen LogP contribution in [0, 0.1) is 0 Å². The lowest BCUT2D eigenvalue weighted by Crippen LogP contribution is -2.66. The SMILES string of the molecule is CCOc1ccnc(N2CCN3C(=O)CN(C)C(=O)[C@@H]3C2)n1. The molecule has 3 heterocycles. The average molecular weight is 305 g/mol. The Morgan fingerprint density at radius 2 is 2.18 bits per heavy atom. The summed E-state index contributed by atoms with van der Waals surface area (Å²) in [4.78, 5) is 38.0. The largest absolute Gasteiger partial charge is 0.478 e. The molecule has 1 aromatic rings. The summed E-state index contributed by atoms with van der Waals surface area (Å²) in [5, 5.41) is 0. The molecule has 0 aliphatic carbocycles. The van der Waals surface area contributed by atoms with Gasteiger partial charge in [-0.2, -0.15) is 4.98 Å². The van der Waals surface area contributed by atoms with Crippen LogP contribution in [0.4, 0.5) is 5.95 Å². The first-order chi connectivity index (χ1) is 10.6. The molecule has 0 saturated carbocycles. The molecule has 2 amide bonds. The van der Waals surface area contributed by atoms with Crippen molar-refractivity contribution in [1.82, 2.24) is 19.8 Å². The van der Waals surface area contributed by atoms with Crippen molar-refractivity contribution in [3.63, 3.8) is 0 Å². The van der Waals surface area contributed by atoms with Crippen LogP contribution in [0.25, 0.3) is 0 Å². The summed E-state index contributed by atoms with van der Waals surface area (Å²) in [7, 11) is 1.66. The van der Waals surface area contributed by atoms with Crippen molar-refractivity contribution in [2.24, 2.45) is 0 Å². The second-order valence-corrected chi connectivity index (χ2v) is 5.37. The number of hydrogen-bond acceptors (Lipinski definition) is 6. The van der Waals surface area contributed by atoms with E-state index in [9.17, 15) is 9.59 Å². The number of hydrogen-bond donors (Lipinski definition) is 0. The lowest BCUT2D eigenvalue weighted by molar-refractivity contribution is -0.154. The van der Waals surface area contributed by atoms with Crippen LogP contribution in [0.2, 0.25) is 0 Å². The number of amides is 2. The molecule has 2 aliphatic heterocycles. The van der Waals surface area contributed by atoms with Crippen LogP contribution in [0.15, 0.2) is 12.3 Å². The van der Waals surface area contributed by atoms with E-state index >= 15 is 0 Å². The first kappa shape index (κ1) is 14.6. The standard InChI is InChI=1S/C14H19N5O3/c1-3-22-11-4-5-15-14(16-11)18-6-7-19-10(8-18)13(21)17(2)9-12(19)20/h4-5,10H,3,6-9H2,1-2H3/t10-/m0/s1. The molecule has 0 bridgehead atoms. The van der Waals surface area contributed by atoms with Gasteiger partial charge in [-0.25, -0.2) is 4.98 Å². The van der Waals surface area contributed by atoms with Crippen LogP contribution in [-0.4, -0.2) is 77.5 Å². The molecular formula is C14H19N5O3. The molecule has 0 unspecified atom stereocenters. The van der Waals surface area contributed by atoms with E-state index in [4.69, 9.17) is 4.74 Å². The van der Waals surface area contributed by atoms with E-state index in [1.165, 1.54) is 4.90 Å². The molecule has 2 fully saturated rings. The van der Waals surface area contributed by atoms with Crippen LogP contribution in [0.3, 0.4) is 0 Å². The van der Waals surface area contributed by atoms with E-state index in [0.717, 1.165) is 0 Å². The maximum atomic E-state index is 12.3. The first-order valence-corrected chi connectivity index (χ1v) is 7.35. The summed E-state index contributed by atoms with van der Waals surface area (Å²) in [6.45, 7) is 4.10. The number of anilines is 1. The Hall–Kier alpha value is -2.38. The van der Waals surface area contributed by atoms with Crippen molar-refractivity contribution in [3.05, 3.63) is 12.3 Å². The molecule has 0 N–H and O–H groups in total. The molecule has 1 aromatic heterocycles. The molecule has 2 saturated heterocycles. The molecule has 8 nitrogen and oxygen atoms in total. The second-order valence-electron chi connectivity index (χ2n) is 5.37. The summed E-state index contributed by atoms with van der Waals surface area (Å²) in [5.74, 6) is 0.998. The number of carbonyl (C=O) groups is 2. The fourth-order valence-corrected chi connectivity index (χ4v) is 2.81. The number of ether oxygens (including phenoxy) is 1. The Morgan fingerprint density at radius 3 is 2.95 bits per heavy atom. The minimum Gasteiger partial charge on any atom is -0.478 e. The third-order valence-electron chi connectivity index (χ3n) is 3.93. The highest BCUT2D eigenvalue weighted by atomic mass is 16.5. The fourth-order valence-electron chi connectivity index (χ4n) is 2.81. The van der Waals surface area contributed by atoms with Crippen LogP contribution in [0.1, 0.15) is 6.92 Å². The summed E-state index contributed by atoms with van der Waals surface area (Å²) >= 11 is 0. The Kier molecular flexibility index (Phi) is 3.82. The minimum atomic E-state index is -0.459. The van der Waals surface area contributed by atoms with E-state index in [-0.39, 0.29) is 18.4 Å². The zero-order valence-corrected chi connectivity index (χ0v) is 12.7. The van der Waals surface area contributed by atoms with Crippen LogP contribution < -0.4 is 9.64 Å². The van der Waals surface area contributed by atoms with Crippen molar-refractivity contribution >= 4 is 17.8 Å². The summed E-state index contributed by atoms with van der Waals surface area (Å²) in [6, 6.07) is 1.24. The number of rotatable bonds is 3. The number of carbonyl (C=O) groups excluding carboxylic acids is 2. The lowest BCUT2D eigenvalue weighted by Gasteiger charge is -2.45. The van der Waals surface area contributed by atoms with Gasteiger partial charge in [0.15, 0.2) is 0 Å². The van der Waals surface area contributed by atoms with Gasteiger partial charge in [-0.15, -0.1) is 0 Å². The smallest absolute Gasteiger partial charge is 0.247 e. The highest BCUT2D eigenvalue weighted by Crippen LogP contribution is 2.21. The highest BCUT2D eigenvalue weighted by Gasteiger charge is 2.41. The van der Waals surface area contributed by atoms with Crippen molar-refractivity contribution in [3.8, 4) is 5.88 Å². The second kappa shape index (κ2) is 5.78. The monoisotopic (exact) mass is 305 g/mol. The van der Waals surface area contributed by atoms with Gasteiger partial charge < -0.3 is 19.4 Å². The van der Waals surface area contributed by atoms with Gasteiger partial charge in [-0.05, 0) is 6.92 Å². The normalized spacial score (nSPS) is 21.9. The minimum absolute atomic E-state index is 0.00395. The van der Waals surface area contributed by atoms with Crippen LogP contribution in [-0.2, 0) is 9.59 Å². The molecule has 0 spiro atoms. The topological polar surface area (TPSA) is 78.9 Å². The first-order valence-electron chi connectivity index (χ1n) is 7.35. The Morgan fingerprint density at radius 1 is 1.36 bits per heavy atom. The summed E-state index contributed by atoms with van der Waals surface area (Å²) in [6.07, 6.45) is 1.64.